The molecule has 1 aromatic rings. The zero-order valence-corrected chi connectivity index (χ0v) is 11.5. The number of benzene rings is 1. The lowest BCUT2D eigenvalue weighted by molar-refractivity contribution is 0.588. The first-order chi connectivity index (χ1) is 8.43. The van der Waals surface area contributed by atoms with Gasteiger partial charge in [0, 0.05) is 12.6 Å². The van der Waals surface area contributed by atoms with E-state index < -0.39 is 10.2 Å². The molecule has 2 rings (SSSR count). The first-order valence-corrected chi connectivity index (χ1v) is 7.54. The van der Waals surface area contributed by atoms with Crippen LogP contribution in [0.2, 0.25) is 0 Å². The van der Waals surface area contributed by atoms with Crippen LogP contribution in [-0.4, -0.2) is 22.0 Å². The Labute approximate surface area is 108 Å². The maximum atomic E-state index is 11.5. The summed E-state index contributed by atoms with van der Waals surface area (Å²) in [5, 5.41) is 8.41. The van der Waals surface area contributed by atoms with E-state index in [1.807, 2.05) is 19.2 Å². The highest BCUT2D eigenvalue weighted by Gasteiger charge is 2.24. The van der Waals surface area contributed by atoms with Crippen LogP contribution in [0, 0.1) is 0 Å². The summed E-state index contributed by atoms with van der Waals surface area (Å²) in [7, 11) is -1.76. The van der Waals surface area contributed by atoms with Crippen molar-refractivity contribution in [2.45, 2.75) is 25.8 Å². The molecule has 6 heteroatoms. The summed E-state index contributed by atoms with van der Waals surface area (Å²) in [6.07, 6.45) is 1.70. The highest BCUT2D eigenvalue weighted by atomic mass is 32.2. The van der Waals surface area contributed by atoms with Gasteiger partial charge in [-0.1, -0.05) is 12.1 Å². The summed E-state index contributed by atoms with van der Waals surface area (Å²) in [6, 6.07) is 6.11. The number of fused-ring (bicyclic) bond motifs is 1. The summed E-state index contributed by atoms with van der Waals surface area (Å²) >= 11 is 0. The third-order valence-corrected chi connectivity index (χ3v) is 4.41. The molecule has 1 heterocycles. The molecule has 0 bridgehead atoms. The average Bonchev–Trinajstić information content (AvgIpc) is 2.35. The lowest BCUT2D eigenvalue weighted by Gasteiger charge is -2.29. The molecule has 0 radical (unpaired) electrons. The topological polar surface area (TPSA) is 75.4 Å². The van der Waals surface area contributed by atoms with Gasteiger partial charge in [0.25, 0.3) is 10.2 Å². The summed E-state index contributed by atoms with van der Waals surface area (Å²) in [5.41, 5.74) is 2.93. The first kappa shape index (κ1) is 13.3. The van der Waals surface area contributed by atoms with E-state index in [0.29, 0.717) is 6.54 Å². The molecule has 18 heavy (non-hydrogen) atoms. The van der Waals surface area contributed by atoms with E-state index in [1.54, 1.807) is 0 Å². The van der Waals surface area contributed by atoms with Gasteiger partial charge in [0.2, 0.25) is 0 Å². The molecule has 1 aromatic carbocycles. The van der Waals surface area contributed by atoms with Crippen molar-refractivity contribution in [3.05, 3.63) is 29.3 Å². The van der Waals surface area contributed by atoms with Gasteiger partial charge in [-0.25, -0.2) is 5.14 Å². The highest BCUT2D eigenvalue weighted by molar-refractivity contribution is 7.90. The smallest absolute Gasteiger partial charge is 0.299 e. The van der Waals surface area contributed by atoms with Crippen molar-refractivity contribution >= 4 is 15.9 Å². The zero-order valence-electron chi connectivity index (χ0n) is 10.7. The molecule has 0 amide bonds. The minimum absolute atomic E-state index is 0.250. The lowest BCUT2D eigenvalue weighted by atomic mass is 9.98. The molecule has 0 spiro atoms. The zero-order chi connectivity index (χ0) is 13.3. The van der Waals surface area contributed by atoms with Gasteiger partial charge < -0.3 is 5.32 Å². The Kier molecular flexibility index (Phi) is 3.61. The van der Waals surface area contributed by atoms with Crippen LogP contribution in [-0.2, 0) is 16.6 Å². The van der Waals surface area contributed by atoms with E-state index in [2.05, 4.69) is 18.3 Å². The number of rotatable bonds is 3. The van der Waals surface area contributed by atoms with Gasteiger partial charge in [-0.05, 0) is 44.0 Å². The second kappa shape index (κ2) is 4.87. The van der Waals surface area contributed by atoms with Crippen molar-refractivity contribution < 1.29 is 8.42 Å². The molecule has 1 aliphatic rings. The quantitative estimate of drug-likeness (QED) is 0.857. The molecular formula is C12H19N3O2S. The maximum Gasteiger partial charge on any atom is 0.299 e. The number of hydrogen-bond donors (Lipinski definition) is 2. The number of nitrogens with two attached hydrogens (primary N) is 1. The predicted molar refractivity (Wildman–Crippen MR) is 72.7 cm³/mol. The predicted octanol–water partition coefficient (Wildman–Crippen LogP) is 0.923. The number of anilines is 1. The minimum atomic E-state index is -3.66. The average molecular weight is 269 g/mol. The summed E-state index contributed by atoms with van der Waals surface area (Å²) < 4.78 is 24.3. The highest BCUT2D eigenvalue weighted by Crippen LogP contribution is 2.30. The van der Waals surface area contributed by atoms with Crippen LogP contribution < -0.4 is 14.8 Å². The fraction of sp³-hybridized carbons (Fsp3) is 0.500. The van der Waals surface area contributed by atoms with E-state index in [9.17, 15) is 8.42 Å². The molecule has 0 aromatic heterocycles. The molecule has 0 saturated heterocycles. The number of aryl methyl sites for hydroxylation is 1. The Bertz CT molecular complexity index is 542. The van der Waals surface area contributed by atoms with E-state index in [4.69, 9.17) is 5.14 Å². The molecule has 5 nitrogen and oxygen atoms in total. The van der Waals surface area contributed by atoms with Gasteiger partial charge in [-0.15, -0.1) is 0 Å². The molecule has 1 unspecified atom stereocenters. The largest absolute Gasteiger partial charge is 0.313 e. The molecule has 3 N–H and O–H groups in total. The first-order valence-electron chi connectivity index (χ1n) is 6.04. The van der Waals surface area contributed by atoms with Gasteiger partial charge in [0.05, 0.1) is 5.69 Å². The van der Waals surface area contributed by atoms with Crippen molar-refractivity contribution in [3.8, 4) is 0 Å². The fourth-order valence-corrected chi connectivity index (χ4v) is 3.12. The maximum absolute atomic E-state index is 11.5. The van der Waals surface area contributed by atoms with Crippen molar-refractivity contribution in [3.63, 3.8) is 0 Å². The SMILES string of the molecule is CNC(C)c1ccc2c(c1)CCCN2S(N)(=O)=O. The Morgan fingerprint density at radius 1 is 1.44 bits per heavy atom. The second-order valence-corrected chi connectivity index (χ2v) is 6.09. The number of hydrogen-bond acceptors (Lipinski definition) is 3. The summed E-state index contributed by atoms with van der Waals surface area (Å²) in [5.74, 6) is 0. The van der Waals surface area contributed by atoms with Crippen molar-refractivity contribution in [2.75, 3.05) is 17.9 Å². The molecule has 0 aliphatic carbocycles. The fourth-order valence-electron chi connectivity index (χ4n) is 2.28. The van der Waals surface area contributed by atoms with E-state index in [-0.39, 0.29) is 6.04 Å². The van der Waals surface area contributed by atoms with Crippen LogP contribution in [0.3, 0.4) is 0 Å². The Morgan fingerprint density at radius 2 is 2.17 bits per heavy atom. The van der Waals surface area contributed by atoms with Crippen LogP contribution in [0.5, 0.6) is 0 Å². The molecular weight excluding hydrogens is 250 g/mol. The Morgan fingerprint density at radius 3 is 2.78 bits per heavy atom. The molecule has 0 saturated carbocycles. The number of nitrogens with one attached hydrogen (secondary N) is 1. The third kappa shape index (κ3) is 2.50. The summed E-state index contributed by atoms with van der Waals surface area (Å²) in [4.78, 5) is 0. The van der Waals surface area contributed by atoms with Crippen LogP contribution in [0.25, 0.3) is 0 Å². The standard InChI is InChI=1S/C12H19N3O2S/c1-9(14-2)10-5-6-12-11(8-10)4-3-7-15(12)18(13,16)17/h5-6,8-9,14H,3-4,7H2,1-2H3,(H2,13,16,17). The van der Waals surface area contributed by atoms with E-state index in [0.717, 1.165) is 29.7 Å². The Hall–Kier alpha value is -1.11. The number of nitrogens with zero attached hydrogens (tertiary/aromatic N) is 1. The molecule has 0 fully saturated rings. The minimum Gasteiger partial charge on any atom is -0.313 e. The van der Waals surface area contributed by atoms with Crippen molar-refractivity contribution in [2.24, 2.45) is 5.14 Å². The van der Waals surface area contributed by atoms with Crippen LogP contribution in [0.1, 0.15) is 30.5 Å². The second-order valence-electron chi connectivity index (χ2n) is 4.62. The van der Waals surface area contributed by atoms with E-state index >= 15 is 0 Å². The molecule has 1 aliphatic heterocycles. The van der Waals surface area contributed by atoms with Crippen LogP contribution >= 0.6 is 0 Å². The van der Waals surface area contributed by atoms with Crippen LogP contribution in [0.4, 0.5) is 5.69 Å². The Balaban J connectivity index is 2.43. The van der Waals surface area contributed by atoms with Crippen molar-refractivity contribution in [1.29, 1.82) is 0 Å². The third-order valence-electron chi connectivity index (χ3n) is 3.42. The monoisotopic (exact) mass is 269 g/mol. The summed E-state index contributed by atoms with van der Waals surface area (Å²) in [6.45, 7) is 2.54. The van der Waals surface area contributed by atoms with Crippen LogP contribution in [0.15, 0.2) is 18.2 Å². The lowest BCUT2D eigenvalue weighted by Crippen LogP contribution is -2.40. The van der Waals surface area contributed by atoms with Gasteiger partial charge in [0.15, 0.2) is 0 Å². The normalized spacial score (nSPS) is 17.4. The van der Waals surface area contributed by atoms with Gasteiger partial charge in [-0.2, -0.15) is 8.42 Å². The van der Waals surface area contributed by atoms with Gasteiger partial charge in [0.1, 0.15) is 0 Å². The van der Waals surface area contributed by atoms with Gasteiger partial charge in [-0.3, -0.25) is 4.31 Å². The van der Waals surface area contributed by atoms with E-state index in [1.165, 1.54) is 4.31 Å². The van der Waals surface area contributed by atoms with Crippen molar-refractivity contribution in [1.82, 2.24) is 5.32 Å². The van der Waals surface area contributed by atoms with Gasteiger partial charge >= 0.3 is 0 Å². The molecule has 1 atom stereocenters. The molecule has 100 valence electrons.